The van der Waals surface area contributed by atoms with Gasteiger partial charge < -0.3 is 4.90 Å². The van der Waals surface area contributed by atoms with Crippen molar-refractivity contribution in [3.05, 3.63) is 106 Å². The van der Waals surface area contributed by atoms with E-state index in [0.29, 0.717) is 11.8 Å². The molecule has 0 N–H and O–H groups in total. The summed E-state index contributed by atoms with van der Waals surface area (Å²) in [6.07, 6.45) is 2.57. The van der Waals surface area contributed by atoms with Crippen LogP contribution in [0, 0.1) is 5.92 Å². The minimum atomic E-state index is 0.600. The van der Waals surface area contributed by atoms with Gasteiger partial charge in [0.15, 0.2) is 0 Å². The van der Waals surface area contributed by atoms with Crippen molar-refractivity contribution in [3.63, 3.8) is 0 Å². The number of likely N-dealkylation sites (tertiary alicyclic amines) is 2. The van der Waals surface area contributed by atoms with Crippen molar-refractivity contribution in [3.8, 4) is 0 Å². The Morgan fingerprint density at radius 1 is 0.719 bits per heavy atom. The van der Waals surface area contributed by atoms with E-state index in [1.807, 2.05) is 0 Å². The Morgan fingerprint density at radius 2 is 1.41 bits per heavy atom. The molecular formula is C29H33BrN2. The molecule has 2 atom stereocenters. The van der Waals surface area contributed by atoms with Gasteiger partial charge in [-0.05, 0) is 66.6 Å². The predicted octanol–water partition coefficient (Wildman–Crippen LogP) is 6.54. The average molecular weight is 490 g/mol. The molecule has 2 nitrogen and oxygen atoms in total. The van der Waals surface area contributed by atoms with Gasteiger partial charge in [0.2, 0.25) is 0 Å². The van der Waals surface area contributed by atoms with Gasteiger partial charge in [-0.2, -0.15) is 0 Å². The van der Waals surface area contributed by atoms with Crippen molar-refractivity contribution in [2.75, 3.05) is 32.7 Å². The molecule has 3 aromatic carbocycles. The van der Waals surface area contributed by atoms with Crippen LogP contribution in [-0.4, -0.2) is 42.5 Å². The highest BCUT2D eigenvalue weighted by Crippen LogP contribution is 2.36. The molecule has 0 aliphatic carbocycles. The molecule has 2 fully saturated rings. The quantitative estimate of drug-likeness (QED) is 0.388. The molecule has 0 unspecified atom stereocenters. The lowest BCUT2D eigenvalue weighted by atomic mass is 9.86. The zero-order chi connectivity index (χ0) is 21.8. The predicted molar refractivity (Wildman–Crippen MR) is 137 cm³/mol. The standard InChI is InChI=1S/C29H33BrN2/c30-28-13-7-12-26(18-28)29-22-32(19-23-8-3-1-4-9-23)21-27(29)20-31-16-14-25(15-17-31)24-10-5-2-6-11-24/h1-13,18,25,27,29H,14-17,19-22H2/t27-,29+/m0/s1. The number of hydrogen-bond acceptors (Lipinski definition) is 2. The summed E-state index contributed by atoms with van der Waals surface area (Å²) in [5, 5.41) is 0. The van der Waals surface area contributed by atoms with Crippen LogP contribution in [-0.2, 0) is 6.54 Å². The number of rotatable bonds is 6. The van der Waals surface area contributed by atoms with Gasteiger partial charge in [0.1, 0.15) is 0 Å². The second-order valence-electron chi connectivity index (χ2n) is 9.59. The lowest BCUT2D eigenvalue weighted by Crippen LogP contribution is -2.38. The first kappa shape index (κ1) is 21.9. The molecule has 5 rings (SSSR count). The molecule has 166 valence electrons. The van der Waals surface area contributed by atoms with E-state index in [0.717, 1.165) is 19.0 Å². The first-order chi connectivity index (χ1) is 15.7. The van der Waals surface area contributed by atoms with Gasteiger partial charge in [0.25, 0.3) is 0 Å². The summed E-state index contributed by atoms with van der Waals surface area (Å²) in [6, 6.07) is 31.1. The molecule has 2 aliphatic rings. The Morgan fingerprint density at radius 3 is 2.12 bits per heavy atom. The molecular weight excluding hydrogens is 456 g/mol. The second-order valence-corrected chi connectivity index (χ2v) is 10.5. The highest BCUT2D eigenvalue weighted by molar-refractivity contribution is 9.10. The Kier molecular flexibility index (Phi) is 7.06. The van der Waals surface area contributed by atoms with Gasteiger partial charge in [-0.25, -0.2) is 0 Å². The normalized spacial score (nSPS) is 22.9. The number of benzene rings is 3. The Hall–Kier alpha value is -1.94. The van der Waals surface area contributed by atoms with E-state index in [2.05, 4.69) is 111 Å². The van der Waals surface area contributed by atoms with E-state index < -0.39 is 0 Å². The Balaban J connectivity index is 1.26. The van der Waals surface area contributed by atoms with Gasteiger partial charge in [0, 0.05) is 36.6 Å². The molecule has 2 heterocycles. The summed E-state index contributed by atoms with van der Waals surface area (Å²) in [6.45, 7) is 7.04. The van der Waals surface area contributed by atoms with Gasteiger partial charge >= 0.3 is 0 Å². The SMILES string of the molecule is Brc1cccc([C@H]2CN(Cc3ccccc3)C[C@@H]2CN2CCC(c3ccccc3)CC2)c1. The smallest absolute Gasteiger partial charge is 0.0234 e. The minimum Gasteiger partial charge on any atom is -0.303 e. The van der Waals surface area contributed by atoms with Crippen LogP contribution in [0.2, 0.25) is 0 Å². The van der Waals surface area contributed by atoms with Crippen LogP contribution in [0.5, 0.6) is 0 Å². The van der Waals surface area contributed by atoms with Crippen LogP contribution < -0.4 is 0 Å². The number of halogens is 1. The number of nitrogens with zero attached hydrogens (tertiary/aromatic N) is 2. The topological polar surface area (TPSA) is 6.48 Å². The second kappa shape index (κ2) is 10.3. The minimum absolute atomic E-state index is 0.600. The van der Waals surface area contributed by atoms with Crippen LogP contribution in [0.1, 0.15) is 41.4 Å². The molecule has 0 amide bonds. The molecule has 0 radical (unpaired) electrons. The summed E-state index contributed by atoms with van der Waals surface area (Å²) in [5.74, 6) is 2.01. The van der Waals surface area contributed by atoms with E-state index in [1.165, 1.54) is 60.2 Å². The average Bonchev–Trinajstić information content (AvgIpc) is 3.23. The van der Waals surface area contributed by atoms with Gasteiger partial charge in [-0.3, -0.25) is 4.90 Å². The highest BCUT2D eigenvalue weighted by atomic mass is 79.9. The molecule has 2 saturated heterocycles. The van der Waals surface area contributed by atoms with Gasteiger partial charge in [-0.15, -0.1) is 0 Å². The lowest BCUT2D eigenvalue weighted by molar-refractivity contribution is 0.177. The van der Waals surface area contributed by atoms with E-state index in [9.17, 15) is 0 Å². The van der Waals surface area contributed by atoms with E-state index in [-0.39, 0.29) is 0 Å². The Labute approximate surface area is 201 Å². The molecule has 0 aromatic heterocycles. The third-order valence-electron chi connectivity index (χ3n) is 7.39. The van der Waals surface area contributed by atoms with Crippen molar-refractivity contribution in [2.24, 2.45) is 5.92 Å². The number of piperidine rings is 1. The lowest BCUT2D eigenvalue weighted by Gasteiger charge is -2.35. The highest BCUT2D eigenvalue weighted by Gasteiger charge is 2.35. The third kappa shape index (κ3) is 5.33. The summed E-state index contributed by atoms with van der Waals surface area (Å²) in [7, 11) is 0. The molecule has 0 saturated carbocycles. The van der Waals surface area contributed by atoms with Crippen molar-refractivity contribution >= 4 is 15.9 Å². The van der Waals surface area contributed by atoms with E-state index in [4.69, 9.17) is 0 Å². The summed E-state index contributed by atoms with van der Waals surface area (Å²) in [5.41, 5.74) is 4.43. The Bertz CT molecular complexity index is 982. The maximum absolute atomic E-state index is 3.70. The molecule has 3 aromatic rings. The van der Waals surface area contributed by atoms with Crippen molar-refractivity contribution in [1.82, 2.24) is 9.80 Å². The third-order valence-corrected chi connectivity index (χ3v) is 7.89. The van der Waals surface area contributed by atoms with Crippen LogP contribution in [0.4, 0.5) is 0 Å². The first-order valence-electron chi connectivity index (χ1n) is 12.0. The summed E-state index contributed by atoms with van der Waals surface area (Å²) in [4.78, 5) is 5.41. The van der Waals surface area contributed by atoms with Crippen LogP contribution in [0.3, 0.4) is 0 Å². The number of hydrogen-bond donors (Lipinski definition) is 0. The van der Waals surface area contributed by atoms with Crippen molar-refractivity contribution in [1.29, 1.82) is 0 Å². The van der Waals surface area contributed by atoms with Gasteiger partial charge in [0.05, 0.1) is 0 Å². The fraction of sp³-hybridized carbons (Fsp3) is 0.379. The molecule has 3 heteroatoms. The fourth-order valence-corrected chi connectivity index (χ4v) is 6.15. The van der Waals surface area contributed by atoms with Crippen LogP contribution >= 0.6 is 15.9 Å². The van der Waals surface area contributed by atoms with Crippen LogP contribution in [0.15, 0.2) is 89.4 Å². The monoisotopic (exact) mass is 488 g/mol. The first-order valence-corrected chi connectivity index (χ1v) is 12.8. The van der Waals surface area contributed by atoms with E-state index in [1.54, 1.807) is 0 Å². The maximum Gasteiger partial charge on any atom is 0.0234 e. The maximum atomic E-state index is 3.70. The largest absolute Gasteiger partial charge is 0.303 e. The molecule has 32 heavy (non-hydrogen) atoms. The molecule has 0 bridgehead atoms. The fourth-order valence-electron chi connectivity index (χ4n) is 5.74. The molecule has 0 spiro atoms. The molecule has 2 aliphatic heterocycles. The zero-order valence-electron chi connectivity index (χ0n) is 18.7. The van der Waals surface area contributed by atoms with Crippen molar-refractivity contribution in [2.45, 2.75) is 31.2 Å². The zero-order valence-corrected chi connectivity index (χ0v) is 20.3. The summed E-state index contributed by atoms with van der Waals surface area (Å²) >= 11 is 3.70. The van der Waals surface area contributed by atoms with E-state index >= 15 is 0 Å². The summed E-state index contributed by atoms with van der Waals surface area (Å²) < 4.78 is 1.19. The van der Waals surface area contributed by atoms with Crippen LogP contribution in [0.25, 0.3) is 0 Å². The van der Waals surface area contributed by atoms with Gasteiger partial charge in [-0.1, -0.05) is 88.7 Å². The van der Waals surface area contributed by atoms with Crippen molar-refractivity contribution < 1.29 is 0 Å².